The van der Waals surface area contributed by atoms with Gasteiger partial charge in [-0.05, 0) is 37.8 Å². The highest BCUT2D eigenvalue weighted by Crippen LogP contribution is 2.27. The van der Waals surface area contributed by atoms with Crippen molar-refractivity contribution in [3.05, 3.63) is 29.8 Å². The summed E-state index contributed by atoms with van der Waals surface area (Å²) in [5, 5.41) is 21.3. The molecule has 0 radical (unpaired) electrons. The number of nitrogens with one attached hydrogen (secondary N) is 1. The van der Waals surface area contributed by atoms with Gasteiger partial charge in [0.1, 0.15) is 11.5 Å². The second-order valence-electron chi connectivity index (χ2n) is 4.55. The van der Waals surface area contributed by atoms with Crippen LogP contribution >= 0.6 is 0 Å². The molecule has 4 nitrogen and oxygen atoms in total. The molecule has 18 heavy (non-hydrogen) atoms. The van der Waals surface area contributed by atoms with Gasteiger partial charge in [0.15, 0.2) is 0 Å². The van der Waals surface area contributed by atoms with E-state index in [2.05, 4.69) is 5.32 Å². The molecule has 4 heteroatoms. The van der Waals surface area contributed by atoms with E-state index < -0.39 is 0 Å². The van der Waals surface area contributed by atoms with Crippen LogP contribution in [-0.4, -0.2) is 16.1 Å². The number of aromatic hydroxyl groups is 2. The molecule has 0 saturated heterocycles. The molecule has 0 spiro atoms. The summed E-state index contributed by atoms with van der Waals surface area (Å²) in [6.07, 6.45) is 7.10. The van der Waals surface area contributed by atoms with E-state index in [1.807, 2.05) is 0 Å². The van der Waals surface area contributed by atoms with Crippen molar-refractivity contribution < 1.29 is 15.0 Å². The molecule has 0 bridgehead atoms. The van der Waals surface area contributed by atoms with Crippen LogP contribution in [0.25, 0.3) is 0 Å². The predicted molar refractivity (Wildman–Crippen MR) is 69.6 cm³/mol. The lowest BCUT2D eigenvalue weighted by Crippen LogP contribution is -2.10. The number of carbonyl (C=O) groups is 1. The summed E-state index contributed by atoms with van der Waals surface area (Å²) in [6, 6.07) is 4.09. The minimum absolute atomic E-state index is 0.0314. The Morgan fingerprint density at radius 1 is 1.17 bits per heavy atom. The van der Waals surface area contributed by atoms with Gasteiger partial charge in [0.2, 0.25) is 5.91 Å². The van der Waals surface area contributed by atoms with Crippen LogP contribution in [0.4, 0.5) is 5.69 Å². The molecule has 1 aliphatic carbocycles. The Balaban J connectivity index is 2.02. The zero-order chi connectivity index (χ0) is 13.0. The first-order valence-electron chi connectivity index (χ1n) is 6.17. The monoisotopic (exact) mass is 247 g/mol. The first-order chi connectivity index (χ1) is 8.65. The van der Waals surface area contributed by atoms with Crippen molar-refractivity contribution in [2.75, 3.05) is 5.32 Å². The summed E-state index contributed by atoms with van der Waals surface area (Å²) in [6.45, 7) is 0. The first-order valence-corrected chi connectivity index (χ1v) is 6.17. The minimum atomic E-state index is -0.229. The van der Waals surface area contributed by atoms with Crippen LogP contribution in [0.15, 0.2) is 29.8 Å². The molecule has 1 aliphatic rings. The molecule has 96 valence electrons. The number of phenols is 2. The fourth-order valence-corrected chi connectivity index (χ4v) is 2.13. The van der Waals surface area contributed by atoms with E-state index in [9.17, 15) is 9.90 Å². The number of benzene rings is 1. The van der Waals surface area contributed by atoms with Crippen molar-refractivity contribution >= 4 is 11.6 Å². The van der Waals surface area contributed by atoms with Crippen LogP contribution in [0, 0.1) is 0 Å². The van der Waals surface area contributed by atoms with Gasteiger partial charge < -0.3 is 15.5 Å². The summed E-state index contributed by atoms with van der Waals surface area (Å²) in [5.74, 6) is -0.394. The topological polar surface area (TPSA) is 69.6 Å². The fourth-order valence-electron chi connectivity index (χ4n) is 2.13. The van der Waals surface area contributed by atoms with E-state index in [0.29, 0.717) is 5.69 Å². The highest BCUT2D eigenvalue weighted by Gasteiger charge is 2.09. The summed E-state index contributed by atoms with van der Waals surface area (Å²) in [7, 11) is 0. The van der Waals surface area contributed by atoms with Crippen molar-refractivity contribution in [1.29, 1.82) is 0 Å². The van der Waals surface area contributed by atoms with Gasteiger partial charge in [0.25, 0.3) is 0 Å². The van der Waals surface area contributed by atoms with Gasteiger partial charge in [-0.1, -0.05) is 12.0 Å². The third kappa shape index (κ3) is 3.26. The zero-order valence-corrected chi connectivity index (χ0v) is 10.1. The maximum atomic E-state index is 11.8. The molecular weight excluding hydrogens is 230 g/mol. The van der Waals surface area contributed by atoms with Crippen LogP contribution < -0.4 is 5.32 Å². The molecule has 1 aromatic rings. The normalized spacial score (nSPS) is 15.2. The largest absolute Gasteiger partial charge is 0.508 e. The number of anilines is 1. The molecule has 1 aromatic carbocycles. The Kier molecular flexibility index (Phi) is 3.87. The molecule has 0 atom stereocenters. The Morgan fingerprint density at radius 2 is 1.89 bits per heavy atom. The second-order valence-corrected chi connectivity index (χ2v) is 4.55. The van der Waals surface area contributed by atoms with Crippen LogP contribution in [-0.2, 0) is 4.79 Å². The Morgan fingerprint density at radius 3 is 2.56 bits per heavy atom. The van der Waals surface area contributed by atoms with Gasteiger partial charge in [0.05, 0.1) is 5.69 Å². The number of hydrogen-bond acceptors (Lipinski definition) is 3. The lowest BCUT2D eigenvalue weighted by Gasteiger charge is -2.13. The van der Waals surface area contributed by atoms with Crippen molar-refractivity contribution in [1.82, 2.24) is 0 Å². The quantitative estimate of drug-likeness (QED) is 0.427. The van der Waals surface area contributed by atoms with Gasteiger partial charge in [-0.15, -0.1) is 0 Å². The molecule has 2 rings (SSSR count). The van der Waals surface area contributed by atoms with Gasteiger partial charge in [0, 0.05) is 12.1 Å². The highest BCUT2D eigenvalue weighted by molar-refractivity contribution is 6.00. The Hall–Kier alpha value is -1.97. The van der Waals surface area contributed by atoms with Gasteiger partial charge in [-0.3, -0.25) is 4.79 Å². The summed E-state index contributed by atoms with van der Waals surface area (Å²) in [4.78, 5) is 11.8. The average molecular weight is 247 g/mol. The molecule has 0 heterocycles. The Bertz CT molecular complexity index is 472. The average Bonchev–Trinajstić information content (AvgIpc) is 2.34. The number of phenolic OH excluding ortho intramolecular Hbond substituents is 2. The SMILES string of the molecule is O=C(C=C1CCCCC1)Nc1ccc(O)cc1O. The van der Waals surface area contributed by atoms with Gasteiger partial charge >= 0.3 is 0 Å². The van der Waals surface area contributed by atoms with E-state index in [-0.39, 0.29) is 17.4 Å². The smallest absolute Gasteiger partial charge is 0.248 e. The number of hydrogen-bond donors (Lipinski definition) is 3. The summed E-state index contributed by atoms with van der Waals surface area (Å²) < 4.78 is 0. The van der Waals surface area contributed by atoms with Crippen LogP contribution in [0.2, 0.25) is 0 Å². The third-order valence-corrected chi connectivity index (χ3v) is 3.07. The van der Waals surface area contributed by atoms with Crippen LogP contribution in [0.5, 0.6) is 11.5 Å². The van der Waals surface area contributed by atoms with Gasteiger partial charge in [-0.25, -0.2) is 0 Å². The first kappa shape index (κ1) is 12.5. The molecule has 0 aliphatic heterocycles. The van der Waals surface area contributed by atoms with Crippen molar-refractivity contribution in [2.24, 2.45) is 0 Å². The van der Waals surface area contributed by atoms with E-state index in [1.54, 1.807) is 6.08 Å². The maximum absolute atomic E-state index is 11.8. The van der Waals surface area contributed by atoms with Crippen LogP contribution in [0.3, 0.4) is 0 Å². The van der Waals surface area contributed by atoms with E-state index in [0.717, 1.165) is 31.3 Å². The third-order valence-electron chi connectivity index (χ3n) is 3.07. The maximum Gasteiger partial charge on any atom is 0.248 e. The molecule has 3 N–H and O–H groups in total. The lowest BCUT2D eigenvalue weighted by molar-refractivity contribution is -0.112. The van der Waals surface area contributed by atoms with Crippen molar-refractivity contribution in [3.8, 4) is 11.5 Å². The molecule has 1 saturated carbocycles. The van der Waals surface area contributed by atoms with E-state index >= 15 is 0 Å². The van der Waals surface area contributed by atoms with E-state index in [4.69, 9.17) is 5.11 Å². The zero-order valence-electron chi connectivity index (χ0n) is 10.1. The number of allylic oxidation sites excluding steroid dienone is 1. The van der Waals surface area contributed by atoms with Crippen molar-refractivity contribution in [2.45, 2.75) is 32.1 Å². The summed E-state index contributed by atoms with van der Waals surface area (Å²) in [5.41, 5.74) is 1.47. The van der Waals surface area contributed by atoms with Crippen LogP contribution in [0.1, 0.15) is 32.1 Å². The standard InChI is InChI=1S/C14H17NO3/c16-11-6-7-12(13(17)9-11)15-14(18)8-10-4-2-1-3-5-10/h6-9,16-17H,1-5H2,(H,15,18). The predicted octanol–water partition coefficient (Wildman–Crippen LogP) is 2.93. The highest BCUT2D eigenvalue weighted by atomic mass is 16.3. The number of amides is 1. The number of carbonyl (C=O) groups excluding carboxylic acids is 1. The lowest BCUT2D eigenvalue weighted by atomic mass is 9.94. The van der Waals surface area contributed by atoms with Gasteiger partial charge in [-0.2, -0.15) is 0 Å². The molecule has 0 unspecified atom stereocenters. The molecule has 1 fully saturated rings. The molecule has 1 amide bonds. The number of rotatable bonds is 2. The molecular formula is C14H17NO3. The van der Waals surface area contributed by atoms with Crippen molar-refractivity contribution in [3.63, 3.8) is 0 Å². The Labute approximate surface area is 106 Å². The molecule has 0 aromatic heterocycles. The minimum Gasteiger partial charge on any atom is -0.508 e. The van der Waals surface area contributed by atoms with E-state index in [1.165, 1.54) is 24.6 Å². The summed E-state index contributed by atoms with van der Waals surface area (Å²) >= 11 is 0. The second kappa shape index (κ2) is 5.58. The fraction of sp³-hybridized carbons (Fsp3) is 0.357.